The van der Waals surface area contributed by atoms with E-state index < -0.39 is 6.09 Å². The summed E-state index contributed by atoms with van der Waals surface area (Å²) in [5, 5.41) is 12.4. The number of aromatic hydroxyl groups is 1. The normalized spacial score (nSPS) is 10.3. The number of hydrogen-bond donors (Lipinski definition) is 2. The van der Waals surface area contributed by atoms with Gasteiger partial charge in [-0.2, -0.15) is 0 Å². The van der Waals surface area contributed by atoms with Gasteiger partial charge in [0.15, 0.2) is 11.5 Å². The van der Waals surface area contributed by atoms with Gasteiger partial charge in [0.1, 0.15) is 6.61 Å². The van der Waals surface area contributed by atoms with Crippen molar-refractivity contribution in [1.82, 2.24) is 10.2 Å². The Morgan fingerprint density at radius 3 is 2.89 bits per heavy atom. The minimum absolute atomic E-state index is 0.0134. The molecule has 1 aromatic carbocycles. The molecule has 0 radical (unpaired) electrons. The van der Waals surface area contributed by atoms with Crippen molar-refractivity contribution in [2.24, 2.45) is 0 Å². The van der Waals surface area contributed by atoms with Crippen molar-refractivity contribution >= 4 is 6.09 Å². The summed E-state index contributed by atoms with van der Waals surface area (Å²) in [6.45, 7) is 0.0220. The molecule has 0 atom stereocenters. The molecule has 0 saturated carbocycles. The number of benzene rings is 1. The lowest BCUT2D eigenvalue weighted by Crippen LogP contribution is -2.22. The molecule has 104 valence electrons. The summed E-state index contributed by atoms with van der Waals surface area (Å²) in [5.74, 6) is 0.322. The van der Waals surface area contributed by atoms with Crippen molar-refractivity contribution in [3.63, 3.8) is 0 Å². The molecule has 1 rings (SSSR count). The third kappa shape index (κ3) is 4.09. The van der Waals surface area contributed by atoms with Crippen molar-refractivity contribution in [1.29, 1.82) is 0 Å². The first-order valence-corrected chi connectivity index (χ1v) is 5.68. The van der Waals surface area contributed by atoms with E-state index in [0.29, 0.717) is 11.3 Å². The summed E-state index contributed by atoms with van der Waals surface area (Å²) in [4.78, 5) is 12.9. The topological polar surface area (TPSA) is 71.0 Å². The van der Waals surface area contributed by atoms with E-state index in [1.807, 2.05) is 0 Å². The molecule has 2 N–H and O–H groups in total. The highest BCUT2D eigenvalue weighted by Gasteiger charge is 2.12. The summed E-state index contributed by atoms with van der Waals surface area (Å²) < 4.78 is 10.2. The first kappa shape index (κ1) is 14.7. The number of hydrogen-bond acceptors (Lipinski definition) is 5. The molecule has 0 fully saturated rings. The van der Waals surface area contributed by atoms with Crippen LogP contribution in [0.2, 0.25) is 0 Å². The quantitative estimate of drug-likeness (QED) is 0.848. The summed E-state index contributed by atoms with van der Waals surface area (Å²) >= 11 is 0. The fraction of sp³-hybridized carbons (Fsp3) is 0.308. The Kier molecular flexibility index (Phi) is 5.53. The average Bonchev–Trinajstić information content (AvgIpc) is 2.42. The van der Waals surface area contributed by atoms with Crippen LogP contribution in [0.5, 0.6) is 11.5 Å². The molecule has 6 nitrogen and oxygen atoms in total. The smallest absolute Gasteiger partial charge is 0.413 e. The van der Waals surface area contributed by atoms with Gasteiger partial charge in [-0.15, -0.1) is 0 Å². The first-order valence-electron chi connectivity index (χ1n) is 5.68. The van der Waals surface area contributed by atoms with Crippen LogP contribution in [-0.2, 0) is 11.3 Å². The monoisotopic (exact) mass is 266 g/mol. The van der Waals surface area contributed by atoms with E-state index in [1.165, 1.54) is 18.1 Å². The largest absolute Gasteiger partial charge is 0.504 e. The number of carbonyl (C=O) groups is 1. The van der Waals surface area contributed by atoms with E-state index in [1.54, 1.807) is 38.6 Å². The molecular weight excluding hydrogens is 248 g/mol. The second kappa shape index (κ2) is 7.15. The molecule has 0 spiro atoms. The minimum Gasteiger partial charge on any atom is -0.504 e. The Labute approximate surface area is 112 Å². The molecule has 6 heteroatoms. The van der Waals surface area contributed by atoms with Gasteiger partial charge in [0.05, 0.1) is 7.11 Å². The van der Waals surface area contributed by atoms with E-state index in [2.05, 4.69) is 5.32 Å². The Bertz CT molecular complexity index is 460. The molecule has 0 aliphatic rings. The highest BCUT2D eigenvalue weighted by atomic mass is 16.6. The van der Waals surface area contributed by atoms with Crippen molar-refractivity contribution in [2.45, 2.75) is 6.61 Å². The van der Waals surface area contributed by atoms with E-state index in [4.69, 9.17) is 9.47 Å². The number of nitrogens with zero attached hydrogens (tertiary/aromatic N) is 1. The van der Waals surface area contributed by atoms with Gasteiger partial charge in [-0.25, -0.2) is 4.79 Å². The van der Waals surface area contributed by atoms with Crippen LogP contribution in [0.3, 0.4) is 0 Å². The van der Waals surface area contributed by atoms with Crippen LogP contribution in [0.25, 0.3) is 0 Å². The number of phenols is 1. The number of ether oxygens (including phenoxy) is 2. The summed E-state index contributed by atoms with van der Waals surface area (Å²) in [6, 6.07) is 4.88. The number of para-hydroxylation sites is 1. The van der Waals surface area contributed by atoms with Gasteiger partial charge in [0, 0.05) is 32.1 Å². The third-order valence-electron chi connectivity index (χ3n) is 2.38. The van der Waals surface area contributed by atoms with Gasteiger partial charge >= 0.3 is 6.09 Å². The molecule has 0 bridgehead atoms. The number of amides is 1. The van der Waals surface area contributed by atoms with Crippen molar-refractivity contribution in [3.8, 4) is 11.5 Å². The predicted octanol–water partition coefficient (Wildman–Crippen LogP) is 1.66. The fourth-order valence-electron chi connectivity index (χ4n) is 1.41. The van der Waals surface area contributed by atoms with E-state index in [0.717, 1.165) is 0 Å². The van der Waals surface area contributed by atoms with Crippen LogP contribution in [0.15, 0.2) is 30.6 Å². The second-order valence-corrected chi connectivity index (χ2v) is 3.74. The Morgan fingerprint density at radius 2 is 2.26 bits per heavy atom. The van der Waals surface area contributed by atoms with Gasteiger partial charge in [-0.1, -0.05) is 12.1 Å². The lowest BCUT2D eigenvalue weighted by Gasteiger charge is -2.14. The van der Waals surface area contributed by atoms with Gasteiger partial charge < -0.3 is 19.9 Å². The molecule has 0 aliphatic heterocycles. The zero-order chi connectivity index (χ0) is 14.3. The molecule has 0 aromatic heterocycles. The predicted molar refractivity (Wildman–Crippen MR) is 70.8 cm³/mol. The van der Waals surface area contributed by atoms with Crippen LogP contribution >= 0.6 is 0 Å². The molecule has 1 amide bonds. The molecule has 0 heterocycles. The Hall–Kier alpha value is -2.37. The summed E-state index contributed by atoms with van der Waals surface area (Å²) in [7, 11) is 4.76. The average molecular weight is 266 g/mol. The maximum Gasteiger partial charge on any atom is 0.413 e. The highest BCUT2D eigenvalue weighted by molar-refractivity contribution is 5.68. The van der Waals surface area contributed by atoms with Crippen LogP contribution in [0.1, 0.15) is 5.56 Å². The standard InChI is InChI=1S/C13H18N2O4/c1-14-7-8-15(2)13(17)19-9-10-5-4-6-11(16)12(10)18-3/h4-8,14,16H,9H2,1-3H3/b8-7-. The molecular formula is C13H18N2O4. The molecule has 0 saturated heterocycles. The zero-order valence-electron chi connectivity index (χ0n) is 11.2. The second-order valence-electron chi connectivity index (χ2n) is 3.74. The maximum atomic E-state index is 11.6. The number of methoxy groups -OCH3 is 1. The minimum atomic E-state index is -0.503. The highest BCUT2D eigenvalue weighted by Crippen LogP contribution is 2.29. The van der Waals surface area contributed by atoms with E-state index >= 15 is 0 Å². The third-order valence-corrected chi connectivity index (χ3v) is 2.38. The molecule has 0 aliphatic carbocycles. The SMILES string of the molecule is CN/C=C\N(C)C(=O)OCc1cccc(O)c1OC. The van der Waals surface area contributed by atoms with Crippen LogP contribution in [0.4, 0.5) is 4.79 Å². The van der Waals surface area contributed by atoms with Crippen molar-refractivity contribution in [3.05, 3.63) is 36.2 Å². The zero-order valence-corrected chi connectivity index (χ0v) is 11.2. The van der Waals surface area contributed by atoms with Gasteiger partial charge in [0.25, 0.3) is 0 Å². The van der Waals surface area contributed by atoms with E-state index in [9.17, 15) is 9.90 Å². The van der Waals surface area contributed by atoms with Crippen molar-refractivity contribution in [2.75, 3.05) is 21.2 Å². The summed E-state index contributed by atoms with van der Waals surface area (Å²) in [5.41, 5.74) is 0.599. The lowest BCUT2D eigenvalue weighted by atomic mass is 10.2. The lowest BCUT2D eigenvalue weighted by molar-refractivity contribution is 0.116. The number of nitrogens with one attached hydrogen (secondary N) is 1. The van der Waals surface area contributed by atoms with Gasteiger partial charge in [-0.05, 0) is 6.07 Å². The van der Waals surface area contributed by atoms with Crippen LogP contribution in [-0.4, -0.2) is 37.3 Å². The Balaban J connectivity index is 2.64. The van der Waals surface area contributed by atoms with Gasteiger partial charge in [-0.3, -0.25) is 4.90 Å². The van der Waals surface area contributed by atoms with Crippen LogP contribution in [0, 0.1) is 0 Å². The number of phenolic OH excluding ortho intramolecular Hbond substituents is 1. The number of carbonyl (C=O) groups excluding carboxylic acids is 1. The van der Waals surface area contributed by atoms with Gasteiger partial charge in [0.2, 0.25) is 0 Å². The number of rotatable bonds is 5. The first-order chi connectivity index (χ1) is 9.10. The van der Waals surface area contributed by atoms with Crippen molar-refractivity contribution < 1.29 is 19.4 Å². The summed E-state index contributed by atoms with van der Waals surface area (Å²) in [6.07, 6.45) is 2.65. The maximum absolute atomic E-state index is 11.6. The molecule has 1 aromatic rings. The fourth-order valence-corrected chi connectivity index (χ4v) is 1.41. The molecule has 19 heavy (non-hydrogen) atoms. The molecule has 0 unspecified atom stereocenters. The van der Waals surface area contributed by atoms with Crippen LogP contribution < -0.4 is 10.1 Å². The Morgan fingerprint density at radius 1 is 1.53 bits per heavy atom. The van der Waals surface area contributed by atoms with E-state index in [-0.39, 0.29) is 12.4 Å².